The maximum absolute atomic E-state index is 10.1. The van der Waals surface area contributed by atoms with Gasteiger partial charge in [-0.05, 0) is 53.8 Å². The van der Waals surface area contributed by atoms with E-state index < -0.39 is 0 Å². The molecule has 2 aliphatic rings. The Morgan fingerprint density at radius 2 is 1.68 bits per heavy atom. The molecule has 1 spiro atoms. The lowest BCUT2D eigenvalue weighted by Gasteiger charge is -2.61. The van der Waals surface area contributed by atoms with E-state index in [2.05, 4.69) is 65.0 Å². The molecule has 2 saturated heterocycles. The van der Waals surface area contributed by atoms with Gasteiger partial charge in [0.05, 0.1) is 16.9 Å². The standard InChI is InChI=1S/C27H29N5OS/c1-17(2)18(3)22-12-26(34-30-22)32-15-27(16-32)13-31(14-27)20-9-8-19-10-24(29-28-23(19)11-20)21-6-4-5-7-25(21)33/h4-12,17-18,33H,13-16H2,1-3H3. The Hall–Kier alpha value is -3.19. The number of aromatic hydroxyl groups is 1. The summed E-state index contributed by atoms with van der Waals surface area (Å²) >= 11 is 1.64. The van der Waals surface area contributed by atoms with Crippen molar-refractivity contribution in [2.75, 3.05) is 36.0 Å². The topological polar surface area (TPSA) is 65.4 Å². The largest absolute Gasteiger partial charge is 0.507 e. The van der Waals surface area contributed by atoms with Gasteiger partial charge in [0.15, 0.2) is 0 Å². The summed E-state index contributed by atoms with van der Waals surface area (Å²) in [6.45, 7) is 11.2. The van der Waals surface area contributed by atoms with Crippen molar-refractivity contribution in [2.24, 2.45) is 11.3 Å². The molecule has 4 aromatic rings. The van der Waals surface area contributed by atoms with Crippen LogP contribution in [0.25, 0.3) is 22.2 Å². The maximum atomic E-state index is 10.1. The number of para-hydroxylation sites is 1. The van der Waals surface area contributed by atoms with E-state index in [-0.39, 0.29) is 5.75 Å². The van der Waals surface area contributed by atoms with Gasteiger partial charge in [0.2, 0.25) is 0 Å². The number of hydrogen-bond donors (Lipinski definition) is 1. The Balaban J connectivity index is 1.11. The minimum absolute atomic E-state index is 0.220. The second kappa shape index (κ2) is 7.94. The zero-order valence-corrected chi connectivity index (χ0v) is 20.6. The lowest BCUT2D eigenvalue weighted by molar-refractivity contribution is 0.157. The van der Waals surface area contributed by atoms with E-state index in [1.54, 1.807) is 17.6 Å². The molecule has 6 nitrogen and oxygen atoms in total. The number of phenolic OH excluding ortho intramolecular Hbond substituents is 1. The fraction of sp³-hybridized carbons (Fsp3) is 0.370. The summed E-state index contributed by atoms with van der Waals surface area (Å²) in [5.41, 5.74) is 5.09. The van der Waals surface area contributed by atoms with E-state index in [0.29, 0.717) is 28.5 Å². The van der Waals surface area contributed by atoms with Crippen LogP contribution < -0.4 is 9.80 Å². The fourth-order valence-corrected chi connectivity index (χ4v) is 5.93. The molecule has 0 aliphatic carbocycles. The van der Waals surface area contributed by atoms with Gasteiger partial charge in [0.25, 0.3) is 0 Å². The Morgan fingerprint density at radius 1 is 0.912 bits per heavy atom. The SMILES string of the molecule is CC(C)C(C)c1cc(N2CC3(CN(c4ccc5cc(-c6ccccc6O)nnc5c4)C3)C2)sn1. The highest BCUT2D eigenvalue weighted by atomic mass is 32.1. The van der Waals surface area contributed by atoms with Gasteiger partial charge in [-0.3, -0.25) is 0 Å². The molecule has 4 heterocycles. The molecule has 1 atom stereocenters. The molecular formula is C27H29N5OS. The molecular weight excluding hydrogens is 442 g/mol. The number of rotatable bonds is 5. The van der Waals surface area contributed by atoms with Gasteiger partial charge >= 0.3 is 0 Å². The Morgan fingerprint density at radius 3 is 2.44 bits per heavy atom. The van der Waals surface area contributed by atoms with E-state index in [1.165, 1.54) is 16.4 Å². The molecule has 2 fully saturated rings. The third-order valence-corrected chi connectivity index (χ3v) is 8.38. The van der Waals surface area contributed by atoms with Gasteiger partial charge in [-0.15, -0.1) is 10.2 Å². The van der Waals surface area contributed by atoms with Gasteiger partial charge in [0.1, 0.15) is 10.8 Å². The van der Waals surface area contributed by atoms with Crippen molar-refractivity contribution < 1.29 is 5.11 Å². The molecule has 1 unspecified atom stereocenters. The van der Waals surface area contributed by atoms with Crippen LogP contribution in [0.1, 0.15) is 32.4 Å². The summed E-state index contributed by atoms with van der Waals surface area (Å²) in [6.07, 6.45) is 0. The van der Waals surface area contributed by atoms with Crippen LogP contribution in [0.5, 0.6) is 5.75 Å². The lowest BCUT2D eigenvalue weighted by Crippen LogP contribution is -2.72. The molecule has 1 N–H and O–H groups in total. The normalized spacial score (nSPS) is 17.8. The van der Waals surface area contributed by atoms with Crippen LogP contribution in [0.4, 0.5) is 10.7 Å². The third kappa shape index (κ3) is 3.59. The van der Waals surface area contributed by atoms with Crippen LogP contribution in [-0.4, -0.2) is 45.9 Å². The zero-order valence-electron chi connectivity index (χ0n) is 19.8. The Bertz CT molecular complexity index is 1350. The van der Waals surface area contributed by atoms with E-state index in [9.17, 15) is 5.11 Å². The monoisotopic (exact) mass is 471 g/mol. The molecule has 0 bridgehead atoms. The fourth-order valence-electron chi connectivity index (χ4n) is 5.09. The van der Waals surface area contributed by atoms with Crippen LogP contribution >= 0.6 is 11.5 Å². The van der Waals surface area contributed by atoms with E-state index in [4.69, 9.17) is 4.37 Å². The van der Waals surface area contributed by atoms with Crippen LogP contribution in [0.15, 0.2) is 54.6 Å². The third-order valence-electron chi connectivity index (χ3n) is 7.52. The number of nitrogens with zero attached hydrogens (tertiary/aromatic N) is 5. The highest BCUT2D eigenvalue weighted by Crippen LogP contribution is 2.45. The van der Waals surface area contributed by atoms with Gasteiger partial charge in [-0.25, -0.2) is 0 Å². The second-order valence-electron chi connectivity index (χ2n) is 10.3. The van der Waals surface area contributed by atoms with Gasteiger partial charge in [-0.2, -0.15) is 4.37 Å². The van der Waals surface area contributed by atoms with Crippen molar-refractivity contribution in [1.29, 1.82) is 0 Å². The van der Waals surface area contributed by atoms with Gasteiger partial charge in [-0.1, -0.05) is 39.0 Å². The maximum Gasteiger partial charge on any atom is 0.125 e. The lowest BCUT2D eigenvalue weighted by atomic mass is 9.72. The average molecular weight is 472 g/mol. The van der Waals surface area contributed by atoms with Crippen molar-refractivity contribution in [3.63, 3.8) is 0 Å². The predicted molar refractivity (Wildman–Crippen MR) is 139 cm³/mol. The molecule has 34 heavy (non-hydrogen) atoms. The Kier molecular flexibility index (Phi) is 4.99. The molecule has 0 saturated carbocycles. The number of fused-ring (bicyclic) bond motifs is 1. The number of aromatic nitrogens is 3. The number of anilines is 2. The van der Waals surface area contributed by atoms with Gasteiger partial charge in [0, 0.05) is 54.1 Å². The Labute approximate surface area is 204 Å². The molecule has 174 valence electrons. The molecule has 7 heteroatoms. The molecule has 2 aliphatic heterocycles. The zero-order chi connectivity index (χ0) is 23.4. The van der Waals surface area contributed by atoms with Crippen LogP contribution in [0.2, 0.25) is 0 Å². The highest BCUT2D eigenvalue weighted by molar-refractivity contribution is 7.10. The van der Waals surface area contributed by atoms with Crippen molar-refractivity contribution in [3.05, 3.63) is 60.3 Å². The molecule has 6 rings (SSSR count). The van der Waals surface area contributed by atoms with Crippen molar-refractivity contribution in [2.45, 2.75) is 26.7 Å². The summed E-state index contributed by atoms with van der Waals surface area (Å²) < 4.78 is 4.72. The quantitative estimate of drug-likeness (QED) is 0.412. The smallest absolute Gasteiger partial charge is 0.125 e. The van der Waals surface area contributed by atoms with Crippen molar-refractivity contribution in [1.82, 2.24) is 14.6 Å². The molecule has 0 radical (unpaired) electrons. The number of hydrogen-bond acceptors (Lipinski definition) is 7. The highest BCUT2D eigenvalue weighted by Gasteiger charge is 2.52. The summed E-state index contributed by atoms with van der Waals surface area (Å²) in [7, 11) is 0. The van der Waals surface area contributed by atoms with Gasteiger partial charge < -0.3 is 14.9 Å². The van der Waals surface area contributed by atoms with Crippen LogP contribution in [0.3, 0.4) is 0 Å². The average Bonchev–Trinajstić information content (AvgIpc) is 3.26. The predicted octanol–water partition coefficient (Wildman–Crippen LogP) is 5.55. The molecule has 0 amide bonds. The first-order chi connectivity index (χ1) is 16.4. The summed E-state index contributed by atoms with van der Waals surface area (Å²) in [5.74, 6) is 1.34. The first-order valence-corrected chi connectivity index (χ1v) is 12.7. The first-order valence-electron chi connectivity index (χ1n) is 11.9. The summed E-state index contributed by atoms with van der Waals surface area (Å²) in [6, 6.07) is 17.9. The van der Waals surface area contributed by atoms with E-state index in [0.717, 1.165) is 37.1 Å². The molecule has 2 aromatic heterocycles. The number of benzene rings is 2. The summed E-state index contributed by atoms with van der Waals surface area (Å²) in [4.78, 5) is 4.92. The minimum atomic E-state index is 0.220. The van der Waals surface area contributed by atoms with E-state index >= 15 is 0 Å². The minimum Gasteiger partial charge on any atom is -0.507 e. The van der Waals surface area contributed by atoms with Crippen molar-refractivity contribution in [3.8, 4) is 17.0 Å². The second-order valence-corrected chi connectivity index (χ2v) is 11.1. The van der Waals surface area contributed by atoms with Crippen molar-refractivity contribution >= 4 is 33.1 Å². The summed E-state index contributed by atoms with van der Waals surface area (Å²) in [5, 5.41) is 21.3. The van der Waals surface area contributed by atoms with Crippen LogP contribution in [-0.2, 0) is 0 Å². The van der Waals surface area contributed by atoms with E-state index in [1.807, 2.05) is 24.3 Å². The molecule has 2 aromatic carbocycles. The first kappa shape index (κ1) is 21.4. The van der Waals surface area contributed by atoms with Crippen LogP contribution in [0, 0.1) is 11.3 Å². The number of phenols is 1.